The Morgan fingerprint density at radius 1 is 1.11 bits per heavy atom. The largest absolute Gasteiger partial charge is 0.469 e. The second-order valence-corrected chi connectivity index (χ2v) is 14.4. The van der Waals surface area contributed by atoms with Gasteiger partial charge in [-0.1, -0.05) is 53.2 Å². The number of carbonyl (C=O) groups is 1. The molecule has 3 nitrogen and oxygen atoms in total. The fourth-order valence-corrected chi connectivity index (χ4v) is 9.15. The van der Waals surface area contributed by atoms with Crippen LogP contribution in [0.1, 0.15) is 73.6 Å². The van der Waals surface area contributed by atoms with E-state index >= 15 is 0 Å². The fourth-order valence-electron chi connectivity index (χ4n) is 6.23. The van der Waals surface area contributed by atoms with Crippen molar-refractivity contribution in [3.05, 3.63) is 12.2 Å². The van der Waals surface area contributed by atoms with E-state index in [4.69, 9.17) is 9.16 Å². The molecule has 2 saturated carbocycles. The van der Waals surface area contributed by atoms with Gasteiger partial charge in [0.15, 0.2) is 8.32 Å². The minimum absolute atomic E-state index is 0.148. The van der Waals surface area contributed by atoms with E-state index in [0.29, 0.717) is 29.3 Å². The van der Waals surface area contributed by atoms with Crippen molar-refractivity contribution in [2.24, 2.45) is 29.1 Å². The van der Waals surface area contributed by atoms with Crippen molar-refractivity contribution in [1.29, 1.82) is 0 Å². The Morgan fingerprint density at radius 3 is 2.32 bits per heavy atom. The van der Waals surface area contributed by atoms with Gasteiger partial charge in [-0.3, -0.25) is 4.79 Å². The normalized spacial score (nSPS) is 32.9. The van der Waals surface area contributed by atoms with Crippen molar-refractivity contribution in [2.75, 3.05) is 7.11 Å². The van der Waals surface area contributed by atoms with Crippen LogP contribution in [0.2, 0.25) is 18.1 Å². The molecule has 0 unspecified atom stereocenters. The number of hydrogen-bond acceptors (Lipinski definition) is 3. The maximum absolute atomic E-state index is 11.7. The summed E-state index contributed by atoms with van der Waals surface area (Å²) in [6.07, 6.45) is 11.3. The van der Waals surface area contributed by atoms with E-state index in [0.717, 1.165) is 0 Å². The first-order valence-electron chi connectivity index (χ1n) is 11.7. The molecule has 0 amide bonds. The van der Waals surface area contributed by atoms with Crippen LogP contribution < -0.4 is 0 Å². The molecule has 0 bridgehead atoms. The zero-order valence-corrected chi connectivity index (χ0v) is 20.4. The molecule has 0 saturated heterocycles. The third-order valence-electron chi connectivity index (χ3n) is 8.38. The second-order valence-electron chi connectivity index (χ2n) is 9.64. The molecule has 0 heterocycles. The van der Waals surface area contributed by atoms with Crippen molar-refractivity contribution in [3.63, 3.8) is 0 Å². The summed E-state index contributed by atoms with van der Waals surface area (Å²) in [6.45, 7) is 13.8. The maximum Gasteiger partial charge on any atom is 0.312 e. The van der Waals surface area contributed by atoms with Crippen LogP contribution in [0.4, 0.5) is 0 Å². The molecule has 0 N–H and O–H groups in total. The molecule has 6 atom stereocenters. The first kappa shape index (κ1) is 23.7. The van der Waals surface area contributed by atoms with Crippen molar-refractivity contribution < 1.29 is 14.0 Å². The highest BCUT2D eigenvalue weighted by atomic mass is 28.4. The zero-order valence-electron chi connectivity index (χ0n) is 19.4. The van der Waals surface area contributed by atoms with Crippen LogP contribution >= 0.6 is 0 Å². The van der Waals surface area contributed by atoms with Crippen molar-refractivity contribution in [1.82, 2.24) is 0 Å². The molecule has 162 valence electrons. The third kappa shape index (κ3) is 4.75. The molecule has 2 aliphatic carbocycles. The number of esters is 1. The monoisotopic (exact) mass is 408 g/mol. The summed E-state index contributed by atoms with van der Waals surface area (Å²) < 4.78 is 11.9. The van der Waals surface area contributed by atoms with E-state index in [-0.39, 0.29) is 11.9 Å². The molecule has 0 aromatic heterocycles. The van der Waals surface area contributed by atoms with Gasteiger partial charge in [-0.05, 0) is 73.9 Å². The number of fused-ring (bicyclic) bond motifs is 1. The van der Waals surface area contributed by atoms with Crippen LogP contribution in [0, 0.1) is 29.1 Å². The molecule has 2 fully saturated rings. The Bertz CT molecular complexity index is 534. The van der Waals surface area contributed by atoms with E-state index in [2.05, 4.69) is 40.7 Å². The topological polar surface area (TPSA) is 35.5 Å². The number of carbonyl (C=O) groups excluding carboxylic acids is 1. The Morgan fingerprint density at radius 2 is 1.75 bits per heavy atom. The molecule has 0 aromatic carbocycles. The molecule has 4 heteroatoms. The van der Waals surface area contributed by atoms with Crippen molar-refractivity contribution in [2.45, 2.75) is 97.9 Å². The van der Waals surface area contributed by atoms with Gasteiger partial charge in [0.1, 0.15) is 0 Å². The SMILES string of the molecule is CC[Si](CC)(CC)O[C@H]1CCC[C@]2(C)[C@@H]([C@H](C)C=C[C@H](C)C(=O)OC)CC[C@@H]12. The van der Waals surface area contributed by atoms with Crippen LogP contribution in [-0.4, -0.2) is 27.5 Å². The van der Waals surface area contributed by atoms with E-state index in [1.165, 1.54) is 57.3 Å². The van der Waals surface area contributed by atoms with Crippen LogP contribution in [0.3, 0.4) is 0 Å². The molecule has 0 radical (unpaired) electrons. The first-order chi connectivity index (χ1) is 13.3. The van der Waals surface area contributed by atoms with E-state index in [1.807, 2.05) is 13.0 Å². The Kier molecular flexibility index (Phi) is 8.39. The van der Waals surface area contributed by atoms with Gasteiger partial charge in [0.25, 0.3) is 0 Å². The standard InChI is InChI=1S/C24H44O3Si/c1-8-28(9-2,10-3)27-22-12-11-17-24(6)20(15-16-21(22)24)18(4)13-14-19(5)23(25)26-7/h13-14,18-22H,8-12,15-17H2,1-7H3/t18-,19+,20-,21+,22+,24-/m1/s1. The summed E-state index contributed by atoms with van der Waals surface area (Å²) in [5.41, 5.74) is 0.372. The Hall–Kier alpha value is -0.613. The van der Waals surface area contributed by atoms with Gasteiger partial charge in [0, 0.05) is 6.10 Å². The molecular formula is C24H44O3Si. The summed E-state index contributed by atoms with van der Waals surface area (Å²) >= 11 is 0. The molecule has 0 spiro atoms. The number of allylic oxidation sites excluding steroid dienone is 1. The highest BCUT2D eigenvalue weighted by molar-refractivity contribution is 6.73. The van der Waals surface area contributed by atoms with Gasteiger partial charge in [0.2, 0.25) is 0 Å². The van der Waals surface area contributed by atoms with E-state index in [9.17, 15) is 4.79 Å². The summed E-state index contributed by atoms with van der Waals surface area (Å²) in [7, 11) is -0.0938. The third-order valence-corrected chi connectivity index (χ3v) is 13.0. The summed E-state index contributed by atoms with van der Waals surface area (Å²) in [5.74, 6) is 1.57. The second kappa shape index (κ2) is 9.93. The lowest BCUT2D eigenvalue weighted by atomic mass is 9.62. The van der Waals surface area contributed by atoms with Gasteiger partial charge < -0.3 is 9.16 Å². The van der Waals surface area contributed by atoms with Crippen molar-refractivity contribution >= 4 is 14.3 Å². The Labute approximate surface area is 174 Å². The summed E-state index contributed by atoms with van der Waals surface area (Å²) in [5, 5.41) is 0. The van der Waals surface area contributed by atoms with Crippen LogP contribution in [0.15, 0.2) is 12.2 Å². The summed E-state index contributed by atoms with van der Waals surface area (Å²) in [4.78, 5) is 11.7. The van der Waals surface area contributed by atoms with Crippen molar-refractivity contribution in [3.8, 4) is 0 Å². The summed E-state index contributed by atoms with van der Waals surface area (Å²) in [6, 6.07) is 3.73. The molecule has 0 aliphatic heterocycles. The van der Waals surface area contributed by atoms with Gasteiger partial charge in [-0.2, -0.15) is 0 Å². The van der Waals surface area contributed by atoms with Gasteiger partial charge in [-0.15, -0.1) is 0 Å². The van der Waals surface area contributed by atoms with Gasteiger partial charge in [-0.25, -0.2) is 0 Å². The maximum atomic E-state index is 11.7. The predicted molar refractivity (Wildman–Crippen MR) is 120 cm³/mol. The molecule has 2 rings (SSSR count). The lowest BCUT2D eigenvalue weighted by molar-refractivity contribution is -0.143. The lowest BCUT2D eigenvalue weighted by Gasteiger charge is -2.48. The highest BCUT2D eigenvalue weighted by Gasteiger charge is 2.53. The zero-order chi connectivity index (χ0) is 20.9. The quantitative estimate of drug-likeness (QED) is 0.245. The minimum atomic E-state index is -1.56. The Balaban J connectivity index is 2.12. The van der Waals surface area contributed by atoms with Gasteiger partial charge >= 0.3 is 5.97 Å². The van der Waals surface area contributed by atoms with E-state index < -0.39 is 8.32 Å². The predicted octanol–water partition coefficient (Wildman–Crippen LogP) is 6.59. The molecular weight excluding hydrogens is 364 g/mol. The van der Waals surface area contributed by atoms with Gasteiger partial charge in [0.05, 0.1) is 13.0 Å². The van der Waals surface area contributed by atoms with Crippen LogP contribution in [0.25, 0.3) is 0 Å². The minimum Gasteiger partial charge on any atom is -0.469 e. The lowest BCUT2D eigenvalue weighted by Crippen LogP contribution is -2.48. The average molecular weight is 409 g/mol. The van der Waals surface area contributed by atoms with Crippen LogP contribution in [0.5, 0.6) is 0 Å². The van der Waals surface area contributed by atoms with Crippen LogP contribution in [-0.2, 0) is 14.0 Å². The average Bonchev–Trinajstić information content (AvgIpc) is 3.07. The first-order valence-corrected chi connectivity index (χ1v) is 14.2. The fraction of sp³-hybridized carbons (Fsp3) is 0.875. The molecule has 0 aromatic rings. The number of hydrogen-bond donors (Lipinski definition) is 0. The number of methoxy groups -OCH3 is 1. The highest BCUT2D eigenvalue weighted by Crippen LogP contribution is 2.59. The number of ether oxygens (including phenoxy) is 1. The van der Waals surface area contributed by atoms with E-state index in [1.54, 1.807) is 0 Å². The molecule has 2 aliphatic rings. The number of rotatable bonds is 9. The smallest absolute Gasteiger partial charge is 0.312 e. The molecule has 28 heavy (non-hydrogen) atoms.